The molecule has 4 rings (SSSR count). The number of aromatic nitrogens is 1. The second-order valence-corrected chi connectivity index (χ2v) is 6.34. The number of furan rings is 1. The highest BCUT2D eigenvalue weighted by atomic mass is 16.5. The summed E-state index contributed by atoms with van der Waals surface area (Å²) < 4.78 is 10.9. The summed E-state index contributed by atoms with van der Waals surface area (Å²) in [6.07, 6.45) is 0. The second kappa shape index (κ2) is 7.17. The Bertz CT molecular complexity index is 929. The van der Waals surface area contributed by atoms with Crippen LogP contribution in [0.25, 0.3) is 10.9 Å². The number of nitrogens with one attached hydrogen (secondary N) is 1. The van der Waals surface area contributed by atoms with Gasteiger partial charge < -0.3 is 19.4 Å². The predicted molar refractivity (Wildman–Crippen MR) is 99.4 cm³/mol. The molecule has 1 aliphatic rings. The molecule has 134 valence electrons. The van der Waals surface area contributed by atoms with Crippen molar-refractivity contribution in [2.75, 3.05) is 31.2 Å². The molecule has 26 heavy (non-hydrogen) atoms. The molecule has 1 N–H and O–H groups in total. The van der Waals surface area contributed by atoms with Gasteiger partial charge >= 0.3 is 0 Å². The summed E-state index contributed by atoms with van der Waals surface area (Å²) in [4.78, 5) is 19.7. The standard InChI is InChI=1S/C20H21N3O3/c1-14-6-7-15(26-14)13-21-20(24)17-12-19(23-8-10-25-11-9-23)22-18-5-3-2-4-16(17)18/h2-7,12H,8-11,13H2,1H3,(H,21,24). The molecule has 0 radical (unpaired) electrons. The van der Waals surface area contributed by atoms with Gasteiger partial charge in [-0.2, -0.15) is 0 Å². The summed E-state index contributed by atoms with van der Waals surface area (Å²) in [5, 5.41) is 3.79. The molecule has 0 bridgehead atoms. The van der Waals surface area contributed by atoms with E-state index in [9.17, 15) is 4.79 Å². The van der Waals surface area contributed by atoms with Gasteiger partial charge in [0.2, 0.25) is 0 Å². The third-order valence-electron chi connectivity index (χ3n) is 4.50. The van der Waals surface area contributed by atoms with E-state index in [4.69, 9.17) is 14.1 Å². The summed E-state index contributed by atoms with van der Waals surface area (Å²) in [5.74, 6) is 2.25. The number of rotatable bonds is 4. The quantitative estimate of drug-likeness (QED) is 0.783. The fourth-order valence-corrected chi connectivity index (χ4v) is 3.15. The van der Waals surface area contributed by atoms with E-state index in [1.807, 2.05) is 49.4 Å². The lowest BCUT2D eigenvalue weighted by atomic mass is 10.1. The van der Waals surface area contributed by atoms with Crippen molar-refractivity contribution in [1.29, 1.82) is 0 Å². The molecule has 6 heteroatoms. The summed E-state index contributed by atoms with van der Waals surface area (Å²) in [7, 11) is 0. The van der Waals surface area contributed by atoms with E-state index in [0.29, 0.717) is 25.3 Å². The number of carbonyl (C=O) groups is 1. The highest BCUT2D eigenvalue weighted by Gasteiger charge is 2.18. The molecule has 3 heterocycles. The van der Waals surface area contributed by atoms with Crippen LogP contribution in [0.15, 0.2) is 46.9 Å². The zero-order valence-corrected chi connectivity index (χ0v) is 14.7. The topological polar surface area (TPSA) is 67.6 Å². The number of hydrogen-bond donors (Lipinski definition) is 1. The van der Waals surface area contributed by atoms with E-state index in [1.165, 1.54) is 0 Å². The van der Waals surface area contributed by atoms with Crippen molar-refractivity contribution in [3.8, 4) is 0 Å². The summed E-state index contributed by atoms with van der Waals surface area (Å²) >= 11 is 0. The number of hydrogen-bond acceptors (Lipinski definition) is 5. The number of morpholine rings is 1. The molecule has 3 aromatic rings. The molecule has 2 aromatic heterocycles. The average Bonchev–Trinajstić information content (AvgIpc) is 3.11. The highest BCUT2D eigenvalue weighted by Crippen LogP contribution is 2.24. The lowest BCUT2D eigenvalue weighted by Gasteiger charge is -2.28. The zero-order chi connectivity index (χ0) is 17.9. The molecule has 1 aromatic carbocycles. The molecule has 1 fully saturated rings. The molecule has 0 unspecified atom stereocenters. The molecule has 0 saturated carbocycles. The van der Waals surface area contributed by atoms with Crippen LogP contribution < -0.4 is 10.2 Å². The summed E-state index contributed by atoms with van der Waals surface area (Å²) in [6, 6.07) is 13.4. The van der Waals surface area contributed by atoms with Gasteiger partial charge in [0, 0.05) is 18.5 Å². The monoisotopic (exact) mass is 351 g/mol. The van der Waals surface area contributed by atoms with E-state index in [1.54, 1.807) is 0 Å². The van der Waals surface area contributed by atoms with Crippen molar-refractivity contribution in [3.05, 3.63) is 59.5 Å². The largest absolute Gasteiger partial charge is 0.465 e. The first-order valence-corrected chi connectivity index (χ1v) is 8.77. The van der Waals surface area contributed by atoms with Crippen LogP contribution in [0.3, 0.4) is 0 Å². The van der Waals surface area contributed by atoms with E-state index in [0.717, 1.165) is 41.3 Å². The highest BCUT2D eigenvalue weighted by molar-refractivity contribution is 6.07. The minimum absolute atomic E-state index is 0.132. The molecule has 0 atom stereocenters. The SMILES string of the molecule is Cc1ccc(CNC(=O)c2cc(N3CCOCC3)nc3ccccc23)o1. The van der Waals surface area contributed by atoms with E-state index < -0.39 is 0 Å². The van der Waals surface area contributed by atoms with Crippen molar-refractivity contribution in [2.45, 2.75) is 13.5 Å². The molecule has 0 spiro atoms. The van der Waals surface area contributed by atoms with Crippen molar-refractivity contribution < 1.29 is 13.9 Å². The first-order chi connectivity index (χ1) is 12.7. The maximum absolute atomic E-state index is 12.9. The van der Waals surface area contributed by atoms with Gasteiger partial charge in [0.25, 0.3) is 5.91 Å². The lowest BCUT2D eigenvalue weighted by Crippen LogP contribution is -2.37. The van der Waals surface area contributed by atoms with Gasteiger partial charge in [-0.05, 0) is 31.2 Å². The van der Waals surface area contributed by atoms with Gasteiger partial charge in [0.1, 0.15) is 17.3 Å². The van der Waals surface area contributed by atoms with Crippen molar-refractivity contribution >= 4 is 22.6 Å². The molecule has 0 aliphatic carbocycles. The number of fused-ring (bicyclic) bond motifs is 1. The van der Waals surface area contributed by atoms with Gasteiger partial charge in [0.05, 0.1) is 30.8 Å². The van der Waals surface area contributed by atoms with E-state index >= 15 is 0 Å². The van der Waals surface area contributed by atoms with Crippen LogP contribution in [0.5, 0.6) is 0 Å². The maximum Gasteiger partial charge on any atom is 0.252 e. The van der Waals surface area contributed by atoms with Gasteiger partial charge in [-0.1, -0.05) is 18.2 Å². The van der Waals surface area contributed by atoms with Gasteiger partial charge in [-0.3, -0.25) is 4.79 Å². The first kappa shape index (κ1) is 16.6. The average molecular weight is 351 g/mol. The van der Waals surface area contributed by atoms with Crippen molar-refractivity contribution in [1.82, 2.24) is 10.3 Å². The number of nitrogens with zero attached hydrogens (tertiary/aromatic N) is 2. The molecule has 6 nitrogen and oxygen atoms in total. The number of carbonyl (C=O) groups excluding carboxylic acids is 1. The van der Waals surface area contributed by atoms with Crippen molar-refractivity contribution in [2.24, 2.45) is 0 Å². The van der Waals surface area contributed by atoms with E-state index in [-0.39, 0.29) is 5.91 Å². The summed E-state index contributed by atoms with van der Waals surface area (Å²) in [6.45, 7) is 5.14. The van der Waals surface area contributed by atoms with Crippen molar-refractivity contribution in [3.63, 3.8) is 0 Å². The van der Waals surface area contributed by atoms with Crippen LogP contribution in [0.4, 0.5) is 5.82 Å². The Hall–Kier alpha value is -2.86. The minimum atomic E-state index is -0.132. The Morgan fingerprint density at radius 3 is 2.77 bits per heavy atom. The predicted octanol–water partition coefficient (Wildman–Crippen LogP) is 2.90. The minimum Gasteiger partial charge on any atom is -0.465 e. The number of aryl methyl sites for hydroxylation is 1. The third kappa shape index (κ3) is 3.41. The van der Waals surface area contributed by atoms with E-state index in [2.05, 4.69) is 10.2 Å². The Balaban J connectivity index is 1.64. The third-order valence-corrected chi connectivity index (χ3v) is 4.50. The normalized spacial score (nSPS) is 14.6. The molecule has 1 aliphatic heterocycles. The van der Waals surface area contributed by atoms with Gasteiger partial charge in [0.15, 0.2) is 0 Å². The fourth-order valence-electron chi connectivity index (χ4n) is 3.15. The van der Waals surface area contributed by atoms with Crippen LogP contribution >= 0.6 is 0 Å². The van der Waals surface area contributed by atoms with Gasteiger partial charge in [-0.15, -0.1) is 0 Å². The second-order valence-electron chi connectivity index (χ2n) is 6.34. The smallest absolute Gasteiger partial charge is 0.252 e. The van der Waals surface area contributed by atoms with Crippen LogP contribution in [0, 0.1) is 6.92 Å². The Kier molecular flexibility index (Phi) is 4.58. The zero-order valence-electron chi connectivity index (χ0n) is 14.7. The number of anilines is 1. The van der Waals surface area contributed by atoms with Gasteiger partial charge in [-0.25, -0.2) is 4.98 Å². The van der Waals surface area contributed by atoms with Crippen LogP contribution in [-0.2, 0) is 11.3 Å². The molecule has 1 saturated heterocycles. The number of ether oxygens (including phenoxy) is 1. The Labute approximate surface area is 151 Å². The van der Waals surface area contributed by atoms with Crippen LogP contribution in [0.2, 0.25) is 0 Å². The number of benzene rings is 1. The maximum atomic E-state index is 12.9. The number of para-hydroxylation sites is 1. The summed E-state index contributed by atoms with van der Waals surface area (Å²) in [5.41, 5.74) is 1.44. The Morgan fingerprint density at radius 2 is 2.00 bits per heavy atom. The van der Waals surface area contributed by atoms with Crippen LogP contribution in [0.1, 0.15) is 21.9 Å². The first-order valence-electron chi connectivity index (χ1n) is 8.77. The Morgan fingerprint density at radius 1 is 1.19 bits per heavy atom. The molecule has 1 amide bonds. The molecular weight excluding hydrogens is 330 g/mol. The van der Waals surface area contributed by atoms with Crippen LogP contribution in [-0.4, -0.2) is 37.2 Å². The lowest BCUT2D eigenvalue weighted by molar-refractivity contribution is 0.0949. The molecular formula is C20H21N3O3. The number of amides is 1. The fraction of sp³-hybridized carbons (Fsp3) is 0.300. The number of pyridine rings is 1.